The van der Waals surface area contributed by atoms with Gasteiger partial charge in [0.1, 0.15) is 5.76 Å². The van der Waals surface area contributed by atoms with Crippen LogP contribution in [0.25, 0.3) is 11.5 Å². The summed E-state index contributed by atoms with van der Waals surface area (Å²) in [6.07, 6.45) is -3.92. The van der Waals surface area contributed by atoms with Crippen molar-refractivity contribution < 1.29 is 31.9 Å². The maximum Gasteiger partial charge on any atom is 0.416 e. The van der Waals surface area contributed by atoms with E-state index in [0.29, 0.717) is 35.9 Å². The Bertz CT molecular complexity index is 1500. The van der Waals surface area contributed by atoms with E-state index in [1.807, 2.05) is 47.4 Å². The molecule has 4 aromatic rings. The first-order valence-corrected chi connectivity index (χ1v) is 12.4. The van der Waals surface area contributed by atoms with Crippen LogP contribution in [0.15, 0.2) is 71.1 Å². The number of carbonyl (C=O) groups excluding carboxylic acids is 1. The van der Waals surface area contributed by atoms with E-state index in [1.54, 1.807) is 21.1 Å². The molecule has 39 heavy (non-hydrogen) atoms. The lowest BCUT2D eigenvalue weighted by Gasteiger charge is -2.38. The van der Waals surface area contributed by atoms with Gasteiger partial charge in [0.05, 0.1) is 37.9 Å². The van der Waals surface area contributed by atoms with Gasteiger partial charge in [-0.15, -0.1) is 0 Å². The summed E-state index contributed by atoms with van der Waals surface area (Å²) in [6, 6.07) is 18.0. The summed E-state index contributed by atoms with van der Waals surface area (Å²) in [5, 5.41) is 0. The van der Waals surface area contributed by atoms with Crippen LogP contribution in [0.3, 0.4) is 0 Å². The highest BCUT2D eigenvalue weighted by atomic mass is 19.4. The highest BCUT2D eigenvalue weighted by Crippen LogP contribution is 2.41. The molecule has 3 aromatic carbocycles. The van der Waals surface area contributed by atoms with E-state index in [4.69, 9.17) is 13.9 Å². The fourth-order valence-corrected chi connectivity index (χ4v) is 5.00. The Labute approximate surface area is 224 Å². The summed E-state index contributed by atoms with van der Waals surface area (Å²) in [4.78, 5) is 20.0. The van der Waals surface area contributed by atoms with Gasteiger partial charge in [0.2, 0.25) is 11.8 Å². The number of carbonyl (C=O) groups is 1. The van der Waals surface area contributed by atoms with Crippen molar-refractivity contribution in [3.05, 3.63) is 100 Å². The number of methoxy groups -OCH3 is 2. The van der Waals surface area contributed by atoms with Crippen LogP contribution in [0, 0.1) is 6.92 Å². The minimum absolute atomic E-state index is 0.0434. The minimum Gasteiger partial charge on any atom is -0.493 e. The summed E-state index contributed by atoms with van der Waals surface area (Å²) < 4.78 is 56.3. The molecule has 0 spiro atoms. The predicted molar refractivity (Wildman–Crippen MR) is 139 cm³/mol. The molecule has 202 valence electrons. The molecule has 0 unspecified atom stereocenters. The average molecular weight is 537 g/mol. The third-order valence-electron chi connectivity index (χ3n) is 6.96. The van der Waals surface area contributed by atoms with Crippen molar-refractivity contribution in [2.24, 2.45) is 0 Å². The van der Waals surface area contributed by atoms with Crippen LogP contribution >= 0.6 is 0 Å². The molecular formula is C30H27F3N2O4. The monoisotopic (exact) mass is 536 g/mol. The van der Waals surface area contributed by atoms with Crippen LogP contribution in [-0.2, 0) is 23.8 Å². The average Bonchev–Trinajstić information content (AvgIpc) is 3.31. The van der Waals surface area contributed by atoms with Crippen LogP contribution in [0.1, 0.15) is 39.7 Å². The van der Waals surface area contributed by atoms with Crippen molar-refractivity contribution in [3.63, 3.8) is 0 Å². The largest absolute Gasteiger partial charge is 0.493 e. The number of alkyl halides is 3. The number of hydrogen-bond donors (Lipinski definition) is 0. The topological polar surface area (TPSA) is 64.8 Å². The Balaban J connectivity index is 1.47. The highest BCUT2D eigenvalue weighted by Gasteiger charge is 2.34. The van der Waals surface area contributed by atoms with Gasteiger partial charge in [0.25, 0.3) is 0 Å². The van der Waals surface area contributed by atoms with Crippen molar-refractivity contribution in [2.75, 3.05) is 20.8 Å². The molecule has 2 heterocycles. The van der Waals surface area contributed by atoms with Crippen LogP contribution in [-0.4, -0.2) is 36.6 Å². The standard InChI is InChI=1S/C30H27F3N2O4/c1-18-24(34-29(39-18)21-10-7-11-22(14-21)30(31,32)33)17-27(36)35-13-12-20-15-25(37-2)26(38-3)16-23(20)28(35)19-8-5-4-6-9-19/h4-11,14-16,28H,12-13,17H2,1-3H3/t28-/m1/s1. The van der Waals surface area contributed by atoms with E-state index in [9.17, 15) is 18.0 Å². The fraction of sp³-hybridized carbons (Fsp3) is 0.267. The first-order valence-electron chi connectivity index (χ1n) is 12.4. The first-order chi connectivity index (χ1) is 18.7. The van der Waals surface area contributed by atoms with E-state index in [1.165, 1.54) is 12.1 Å². The normalized spacial score (nSPS) is 15.1. The highest BCUT2D eigenvalue weighted by molar-refractivity contribution is 5.80. The maximum atomic E-state index is 13.8. The van der Waals surface area contributed by atoms with Crippen LogP contribution in [0.4, 0.5) is 13.2 Å². The van der Waals surface area contributed by atoms with Crippen molar-refractivity contribution in [2.45, 2.75) is 32.0 Å². The van der Waals surface area contributed by atoms with Gasteiger partial charge in [-0.25, -0.2) is 4.98 Å². The molecule has 0 N–H and O–H groups in total. The second-order valence-corrected chi connectivity index (χ2v) is 9.33. The van der Waals surface area contributed by atoms with Gasteiger partial charge >= 0.3 is 6.18 Å². The van der Waals surface area contributed by atoms with Crippen LogP contribution in [0.2, 0.25) is 0 Å². The zero-order valence-corrected chi connectivity index (χ0v) is 21.7. The third kappa shape index (κ3) is 5.21. The quantitative estimate of drug-likeness (QED) is 0.285. The second-order valence-electron chi connectivity index (χ2n) is 9.33. The fourth-order valence-electron chi connectivity index (χ4n) is 5.00. The SMILES string of the molecule is COc1cc2c(cc1OC)[C@@H](c1ccccc1)N(C(=O)Cc1nc(-c3cccc(C(F)(F)F)c3)oc1C)CC2. The lowest BCUT2D eigenvalue weighted by atomic mass is 9.87. The van der Waals surface area contributed by atoms with Crippen molar-refractivity contribution in [3.8, 4) is 23.0 Å². The van der Waals surface area contributed by atoms with Crippen molar-refractivity contribution >= 4 is 5.91 Å². The van der Waals surface area contributed by atoms with Crippen LogP contribution in [0.5, 0.6) is 11.5 Å². The van der Waals surface area contributed by atoms with Gasteiger partial charge in [-0.1, -0.05) is 36.4 Å². The van der Waals surface area contributed by atoms with Crippen LogP contribution < -0.4 is 9.47 Å². The Hall–Kier alpha value is -4.27. The Morgan fingerprint density at radius 2 is 1.74 bits per heavy atom. The molecule has 0 fully saturated rings. The molecular weight excluding hydrogens is 509 g/mol. The molecule has 0 bridgehead atoms. The number of amides is 1. The Morgan fingerprint density at radius 3 is 2.44 bits per heavy atom. The number of ether oxygens (including phenoxy) is 2. The van der Waals surface area contributed by atoms with E-state index in [0.717, 1.165) is 28.8 Å². The van der Waals surface area contributed by atoms with E-state index in [-0.39, 0.29) is 29.8 Å². The first kappa shape index (κ1) is 26.3. The van der Waals surface area contributed by atoms with E-state index in [2.05, 4.69) is 4.98 Å². The summed E-state index contributed by atoms with van der Waals surface area (Å²) in [5.41, 5.74) is 2.74. The minimum atomic E-state index is -4.49. The Kier molecular flexibility index (Phi) is 7.08. The summed E-state index contributed by atoms with van der Waals surface area (Å²) in [5.74, 6) is 1.46. The van der Waals surface area contributed by atoms with E-state index < -0.39 is 11.7 Å². The molecule has 9 heteroatoms. The number of aromatic nitrogens is 1. The molecule has 0 aliphatic carbocycles. The number of fused-ring (bicyclic) bond motifs is 1. The number of nitrogens with zero attached hydrogens (tertiary/aromatic N) is 2. The number of aryl methyl sites for hydroxylation is 1. The van der Waals surface area contributed by atoms with Crippen molar-refractivity contribution in [1.82, 2.24) is 9.88 Å². The smallest absolute Gasteiger partial charge is 0.416 e. The third-order valence-corrected chi connectivity index (χ3v) is 6.96. The Morgan fingerprint density at radius 1 is 1.03 bits per heavy atom. The lowest BCUT2D eigenvalue weighted by Crippen LogP contribution is -2.41. The molecule has 5 rings (SSSR count). The van der Waals surface area contributed by atoms with Gasteiger partial charge in [0.15, 0.2) is 11.5 Å². The molecule has 1 aliphatic heterocycles. The number of rotatable bonds is 6. The summed E-state index contributed by atoms with van der Waals surface area (Å²) in [6.45, 7) is 2.13. The summed E-state index contributed by atoms with van der Waals surface area (Å²) >= 11 is 0. The second kappa shape index (κ2) is 10.5. The zero-order chi connectivity index (χ0) is 27.7. The molecule has 0 radical (unpaired) electrons. The van der Waals surface area contributed by atoms with Gasteiger partial charge in [-0.3, -0.25) is 4.79 Å². The molecule has 1 aromatic heterocycles. The molecule has 1 atom stereocenters. The number of oxazole rings is 1. The molecule has 1 amide bonds. The number of hydrogen-bond acceptors (Lipinski definition) is 5. The molecule has 0 saturated heterocycles. The molecule has 1 aliphatic rings. The summed E-state index contributed by atoms with van der Waals surface area (Å²) in [7, 11) is 3.16. The maximum absolute atomic E-state index is 13.8. The number of halogens is 3. The number of benzene rings is 3. The van der Waals surface area contributed by atoms with Gasteiger partial charge in [-0.05, 0) is 60.4 Å². The van der Waals surface area contributed by atoms with E-state index >= 15 is 0 Å². The lowest BCUT2D eigenvalue weighted by molar-refractivity contribution is -0.137. The predicted octanol–water partition coefficient (Wildman–Crippen LogP) is 6.40. The zero-order valence-electron chi connectivity index (χ0n) is 21.7. The molecule has 6 nitrogen and oxygen atoms in total. The van der Waals surface area contributed by atoms with Gasteiger partial charge < -0.3 is 18.8 Å². The van der Waals surface area contributed by atoms with Gasteiger partial charge in [0, 0.05) is 12.1 Å². The molecule has 0 saturated carbocycles. The van der Waals surface area contributed by atoms with Crippen molar-refractivity contribution in [1.29, 1.82) is 0 Å². The van der Waals surface area contributed by atoms with Gasteiger partial charge in [-0.2, -0.15) is 13.2 Å².